The zero-order chi connectivity index (χ0) is 14.5. The average molecular weight is 340 g/mol. The van der Waals surface area contributed by atoms with E-state index < -0.39 is 4.92 Å². The highest BCUT2D eigenvalue weighted by molar-refractivity contribution is 9.09. The Bertz CT molecular complexity index is 579. The van der Waals surface area contributed by atoms with E-state index in [1.165, 1.54) is 11.6 Å². The van der Waals surface area contributed by atoms with Crippen molar-refractivity contribution in [2.75, 3.05) is 13.7 Å². The lowest BCUT2D eigenvalue weighted by Gasteiger charge is -2.08. The van der Waals surface area contributed by atoms with E-state index >= 15 is 0 Å². The molecule has 1 unspecified atom stereocenters. The number of furan rings is 1. The van der Waals surface area contributed by atoms with E-state index in [9.17, 15) is 10.1 Å². The molecule has 0 aliphatic rings. The van der Waals surface area contributed by atoms with Crippen LogP contribution in [0.5, 0.6) is 0 Å². The molecule has 0 saturated heterocycles. The Morgan fingerprint density at radius 3 is 2.55 bits per heavy atom. The van der Waals surface area contributed by atoms with Crippen LogP contribution in [-0.2, 0) is 11.2 Å². The van der Waals surface area contributed by atoms with Crippen LogP contribution < -0.4 is 0 Å². The Hall–Kier alpha value is -1.66. The Labute approximate surface area is 124 Å². The van der Waals surface area contributed by atoms with Gasteiger partial charge in [-0.25, -0.2) is 0 Å². The minimum absolute atomic E-state index is 0.201. The van der Waals surface area contributed by atoms with E-state index in [0.717, 1.165) is 12.0 Å². The number of ether oxygens (including phenoxy) is 1. The van der Waals surface area contributed by atoms with Crippen LogP contribution in [-0.4, -0.2) is 18.6 Å². The van der Waals surface area contributed by atoms with Gasteiger partial charge in [-0.15, -0.1) is 0 Å². The number of hydrogen-bond donors (Lipinski definition) is 0. The lowest BCUT2D eigenvalue weighted by molar-refractivity contribution is -0.402. The van der Waals surface area contributed by atoms with Gasteiger partial charge in [0.05, 0.1) is 17.5 Å². The molecule has 5 nitrogen and oxygen atoms in total. The quantitative estimate of drug-likeness (QED) is 0.455. The van der Waals surface area contributed by atoms with Gasteiger partial charge >= 0.3 is 5.88 Å². The number of nitro groups is 1. The molecular formula is C14H14BrNO4. The van der Waals surface area contributed by atoms with E-state index in [2.05, 4.69) is 15.9 Å². The largest absolute Gasteiger partial charge is 0.433 e. The third-order valence-electron chi connectivity index (χ3n) is 2.91. The fourth-order valence-corrected chi connectivity index (χ4v) is 2.37. The molecule has 1 aromatic heterocycles. The molecule has 1 heterocycles. The van der Waals surface area contributed by atoms with Crippen molar-refractivity contribution in [3.05, 3.63) is 63.4 Å². The van der Waals surface area contributed by atoms with Gasteiger partial charge in [0.1, 0.15) is 10.7 Å². The SMILES string of the molecule is COCCc1ccc(C(Br)c2ccc([N+](=O)[O-])o2)cc1. The molecule has 0 radical (unpaired) electrons. The normalized spacial score (nSPS) is 12.3. The van der Waals surface area contributed by atoms with Crippen molar-refractivity contribution in [1.82, 2.24) is 0 Å². The van der Waals surface area contributed by atoms with Crippen molar-refractivity contribution in [1.29, 1.82) is 0 Å². The number of methoxy groups -OCH3 is 1. The van der Waals surface area contributed by atoms with Crippen molar-refractivity contribution in [2.24, 2.45) is 0 Å². The average Bonchev–Trinajstić information content (AvgIpc) is 2.95. The molecular weight excluding hydrogens is 326 g/mol. The van der Waals surface area contributed by atoms with E-state index in [-0.39, 0.29) is 10.7 Å². The van der Waals surface area contributed by atoms with Crippen LogP contribution in [0.2, 0.25) is 0 Å². The van der Waals surface area contributed by atoms with Crippen LogP contribution in [0.15, 0.2) is 40.8 Å². The fraction of sp³-hybridized carbons (Fsp3) is 0.286. The van der Waals surface area contributed by atoms with Gasteiger partial charge in [0, 0.05) is 7.11 Å². The molecule has 106 valence electrons. The summed E-state index contributed by atoms with van der Waals surface area (Å²) < 4.78 is 10.2. The second-order valence-corrected chi connectivity index (χ2v) is 5.20. The standard InChI is InChI=1S/C14H14BrNO4/c1-19-9-8-10-2-4-11(5-3-10)14(15)12-6-7-13(20-12)16(17)18/h2-7,14H,8-9H2,1H3. The third-order valence-corrected chi connectivity index (χ3v) is 3.89. The first-order chi connectivity index (χ1) is 9.61. The van der Waals surface area contributed by atoms with Gasteiger partial charge in [-0.1, -0.05) is 40.2 Å². The number of alkyl halides is 1. The molecule has 0 fully saturated rings. The van der Waals surface area contributed by atoms with Crippen molar-refractivity contribution in [2.45, 2.75) is 11.2 Å². The molecule has 1 aromatic carbocycles. The fourth-order valence-electron chi connectivity index (χ4n) is 1.81. The van der Waals surface area contributed by atoms with Gasteiger partial charge < -0.3 is 9.15 Å². The lowest BCUT2D eigenvalue weighted by atomic mass is 10.1. The monoisotopic (exact) mass is 339 g/mol. The van der Waals surface area contributed by atoms with E-state index in [1.54, 1.807) is 13.2 Å². The van der Waals surface area contributed by atoms with E-state index in [1.807, 2.05) is 24.3 Å². The minimum Gasteiger partial charge on any atom is -0.404 e. The maximum absolute atomic E-state index is 10.6. The minimum atomic E-state index is -0.545. The molecule has 1 atom stereocenters. The zero-order valence-electron chi connectivity index (χ0n) is 10.9. The van der Waals surface area contributed by atoms with Gasteiger partial charge in [0.2, 0.25) is 0 Å². The Kier molecular flexibility index (Phi) is 4.92. The third kappa shape index (κ3) is 3.46. The summed E-state index contributed by atoms with van der Waals surface area (Å²) in [7, 11) is 1.67. The van der Waals surface area contributed by atoms with Crippen LogP contribution in [0, 0.1) is 10.1 Å². The second kappa shape index (κ2) is 6.67. The van der Waals surface area contributed by atoms with Crippen LogP contribution >= 0.6 is 15.9 Å². The summed E-state index contributed by atoms with van der Waals surface area (Å²) >= 11 is 3.49. The Morgan fingerprint density at radius 1 is 1.30 bits per heavy atom. The van der Waals surface area contributed by atoms with Crippen LogP contribution in [0.25, 0.3) is 0 Å². The van der Waals surface area contributed by atoms with Gasteiger partial charge in [-0.3, -0.25) is 10.1 Å². The summed E-state index contributed by atoms with van der Waals surface area (Å²) in [5, 5.41) is 10.6. The summed E-state index contributed by atoms with van der Waals surface area (Å²) in [5.74, 6) is 0.266. The van der Waals surface area contributed by atoms with Crippen molar-refractivity contribution < 1.29 is 14.1 Å². The molecule has 20 heavy (non-hydrogen) atoms. The van der Waals surface area contributed by atoms with Crippen molar-refractivity contribution >= 4 is 21.8 Å². The maximum Gasteiger partial charge on any atom is 0.433 e. The summed E-state index contributed by atoms with van der Waals surface area (Å²) in [6, 6.07) is 10.9. The Balaban J connectivity index is 2.11. The highest BCUT2D eigenvalue weighted by Crippen LogP contribution is 2.33. The first kappa shape index (κ1) is 14.7. The van der Waals surface area contributed by atoms with Gasteiger partial charge in [-0.05, 0) is 23.6 Å². The predicted octanol–water partition coefficient (Wildman–Crippen LogP) is 3.86. The second-order valence-electron chi connectivity index (χ2n) is 4.28. The van der Waals surface area contributed by atoms with Crippen molar-refractivity contribution in [3.8, 4) is 0 Å². The highest BCUT2D eigenvalue weighted by atomic mass is 79.9. The molecule has 0 amide bonds. The molecule has 0 bridgehead atoms. The lowest BCUT2D eigenvalue weighted by Crippen LogP contribution is -1.96. The molecule has 2 rings (SSSR count). The first-order valence-corrected chi connectivity index (χ1v) is 6.99. The number of halogens is 1. The molecule has 0 aliphatic heterocycles. The van der Waals surface area contributed by atoms with E-state index in [0.29, 0.717) is 12.4 Å². The number of rotatable bonds is 6. The molecule has 6 heteroatoms. The van der Waals surface area contributed by atoms with Gasteiger partial charge in [0.15, 0.2) is 0 Å². The Morgan fingerprint density at radius 2 is 2.00 bits per heavy atom. The van der Waals surface area contributed by atoms with Gasteiger partial charge in [0.25, 0.3) is 0 Å². The number of nitrogens with zero attached hydrogens (tertiary/aromatic N) is 1. The summed E-state index contributed by atoms with van der Waals surface area (Å²) in [5.41, 5.74) is 2.16. The van der Waals surface area contributed by atoms with Crippen LogP contribution in [0.3, 0.4) is 0 Å². The maximum atomic E-state index is 10.6. The van der Waals surface area contributed by atoms with E-state index in [4.69, 9.17) is 9.15 Å². The molecule has 0 spiro atoms. The smallest absolute Gasteiger partial charge is 0.404 e. The molecule has 0 saturated carbocycles. The summed E-state index contributed by atoms with van der Waals surface area (Å²) in [6.45, 7) is 0.682. The summed E-state index contributed by atoms with van der Waals surface area (Å²) in [6.07, 6.45) is 0.857. The summed E-state index contributed by atoms with van der Waals surface area (Å²) in [4.78, 5) is 9.86. The first-order valence-electron chi connectivity index (χ1n) is 6.08. The number of benzene rings is 1. The molecule has 2 aromatic rings. The van der Waals surface area contributed by atoms with Crippen LogP contribution in [0.4, 0.5) is 5.88 Å². The molecule has 0 N–H and O–H groups in total. The van der Waals surface area contributed by atoms with Crippen LogP contribution in [0.1, 0.15) is 21.7 Å². The van der Waals surface area contributed by atoms with Gasteiger partial charge in [-0.2, -0.15) is 0 Å². The highest BCUT2D eigenvalue weighted by Gasteiger charge is 2.18. The number of hydrogen-bond acceptors (Lipinski definition) is 4. The molecule has 0 aliphatic carbocycles. The topological polar surface area (TPSA) is 65.5 Å². The predicted molar refractivity (Wildman–Crippen MR) is 78.2 cm³/mol. The zero-order valence-corrected chi connectivity index (χ0v) is 12.5. The van der Waals surface area contributed by atoms with Crippen molar-refractivity contribution in [3.63, 3.8) is 0 Å².